The van der Waals surface area contributed by atoms with Crippen molar-refractivity contribution in [1.29, 1.82) is 0 Å². The number of rotatable bonds is 2. The van der Waals surface area contributed by atoms with Gasteiger partial charge in [-0.3, -0.25) is 9.13 Å². The van der Waals surface area contributed by atoms with Gasteiger partial charge in [-0.2, -0.15) is 4.98 Å². The zero-order valence-corrected chi connectivity index (χ0v) is 11.9. The lowest BCUT2D eigenvalue weighted by atomic mass is 10.3. The molecule has 0 fully saturated rings. The summed E-state index contributed by atoms with van der Waals surface area (Å²) in [5.74, 6) is 1.18. The van der Waals surface area contributed by atoms with Crippen LogP contribution in [0, 0.1) is 0 Å². The second-order valence-corrected chi connectivity index (χ2v) is 5.06. The van der Waals surface area contributed by atoms with Crippen molar-refractivity contribution in [2.24, 2.45) is 0 Å². The Labute approximate surface area is 129 Å². The molecule has 0 aliphatic heterocycles. The Hall–Kier alpha value is -3.48. The SMILES string of the molecule is c1ccc2c(c1)ncn2-c1nc(-n2ccnc2)c2occc2n1. The summed E-state index contributed by atoms with van der Waals surface area (Å²) in [4.78, 5) is 17.7. The minimum absolute atomic E-state index is 0.538. The summed E-state index contributed by atoms with van der Waals surface area (Å²) < 4.78 is 9.20. The summed E-state index contributed by atoms with van der Waals surface area (Å²) in [6.07, 6.45) is 8.53. The van der Waals surface area contributed by atoms with E-state index < -0.39 is 0 Å². The molecule has 0 amide bonds. The van der Waals surface area contributed by atoms with Crippen LogP contribution in [0.15, 0.2) is 66.1 Å². The number of imidazole rings is 2. The van der Waals surface area contributed by atoms with E-state index in [1.165, 1.54) is 0 Å². The predicted molar refractivity (Wildman–Crippen MR) is 83.6 cm³/mol. The molecule has 7 nitrogen and oxygen atoms in total. The minimum atomic E-state index is 0.538. The highest BCUT2D eigenvalue weighted by atomic mass is 16.3. The third kappa shape index (κ3) is 1.76. The Morgan fingerprint density at radius 1 is 0.957 bits per heavy atom. The van der Waals surface area contributed by atoms with Gasteiger partial charge in [-0.05, 0) is 12.1 Å². The van der Waals surface area contributed by atoms with Crippen molar-refractivity contribution in [3.05, 3.63) is 61.6 Å². The number of nitrogens with zero attached hydrogens (tertiary/aromatic N) is 6. The summed E-state index contributed by atoms with van der Waals surface area (Å²) in [5.41, 5.74) is 3.20. The fourth-order valence-electron chi connectivity index (χ4n) is 2.62. The Morgan fingerprint density at radius 3 is 2.83 bits per heavy atom. The highest BCUT2D eigenvalue weighted by molar-refractivity contribution is 5.81. The van der Waals surface area contributed by atoms with Crippen molar-refractivity contribution in [3.63, 3.8) is 0 Å². The molecule has 0 saturated carbocycles. The Bertz CT molecular complexity index is 1120. The topological polar surface area (TPSA) is 74.6 Å². The van der Waals surface area contributed by atoms with E-state index in [1.807, 2.05) is 41.1 Å². The van der Waals surface area contributed by atoms with Crippen LogP contribution < -0.4 is 0 Å². The van der Waals surface area contributed by atoms with Gasteiger partial charge in [0.2, 0.25) is 5.95 Å². The highest BCUT2D eigenvalue weighted by Crippen LogP contribution is 2.23. The number of fused-ring (bicyclic) bond motifs is 2. The van der Waals surface area contributed by atoms with Crippen molar-refractivity contribution >= 4 is 22.1 Å². The van der Waals surface area contributed by atoms with Gasteiger partial charge < -0.3 is 4.42 Å². The van der Waals surface area contributed by atoms with E-state index in [2.05, 4.69) is 19.9 Å². The molecule has 4 aromatic heterocycles. The van der Waals surface area contributed by atoms with Crippen LogP contribution in [-0.4, -0.2) is 29.1 Å². The first kappa shape index (κ1) is 12.1. The third-order valence-electron chi connectivity index (χ3n) is 3.69. The molecule has 0 radical (unpaired) electrons. The van der Waals surface area contributed by atoms with Crippen LogP contribution in [0.2, 0.25) is 0 Å². The van der Waals surface area contributed by atoms with Gasteiger partial charge in [0.05, 0.1) is 17.3 Å². The predicted octanol–water partition coefficient (Wildman–Crippen LogP) is 2.75. The maximum Gasteiger partial charge on any atom is 0.238 e. The van der Waals surface area contributed by atoms with Gasteiger partial charge in [0.15, 0.2) is 11.4 Å². The average Bonchev–Trinajstić information content (AvgIpc) is 3.33. The molecule has 23 heavy (non-hydrogen) atoms. The normalized spacial score (nSPS) is 11.5. The maximum atomic E-state index is 5.53. The van der Waals surface area contributed by atoms with Crippen LogP contribution in [0.1, 0.15) is 0 Å². The summed E-state index contributed by atoms with van der Waals surface area (Å²) in [7, 11) is 0. The Kier molecular flexibility index (Phi) is 2.37. The second kappa shape index (κ2) is 4.51. The second-order valence-electron chi connectivity index (χ2n) is 5.06. The first-order valence-corrected chi connectivity index (χ1v) is 7.06. The van der Waals surface area contributed by atoms with Crippen molar-refractivity contribution in [1.82, 2.24) is 29.1 Å². The van der Waals surface area contributed by atoms with Gasteiger partial charge in [0, 0.05) is 18.5 Å². The van der Waals surface area contributed by atoms with E-state index >= 15 is 0 Å². The fourth-order valence-corrected chi connectivity index (χ4v) is 2.62. The summed E-state index contributed by atoms with van der Waals surface area (Å²) in [6.45, 7) is 0. The molecule has 4 heterocycles. The van der Waals surface area contributed by atoms with Crippen molar-refractivity contribution < 1.29 is 4.42 Å². The molecular weight excluding hydrogens is 292 g/mol. The van der Waals surface area contributed by atoms with Crippen LogP contribution in [0.4, 0.5) is 0 Å². The lowest BCUT2D eigenvalue weighted by Gasteiger charge is -2.06. The smallest absolute Gasteiger partial charge is 0.238 e. The minimum Gasteiger partial charge on any atom is -0.459 e. The monoisotopic (exact) mass is 302 g/mol. The molecule has 0 bridgehead atoms. The van der Waals surface area contributed by atoms with Crippen LogP contribution in [-0.2, 0) is 0 Å². The zero-order chi connectivity index (χ0) is 15.2. The largest absolute Gasteiger partial charge is 0.459 e. The average molecular weight is 302 g/mol. The lowest BCUT2D eigenvalue weighted by molar-refractivity contribution is 0.609. The van der Waals surface area contributed by atoms with Gasteiger partial charge in [0.25, 0.3) is 0 Å². The highest BCUT2D eigenvalue weighted by Gasteiger charge is 2.14. The Balaban J connectivity index is 1.82. The van der Waals surface area contributed by atoms with Crippen LogP contribution >= 0.6 is 0 Å². The van der Waals surface area contributed by atoms with Gasteiger partial charge in [-0.25, -0.2) is 15.0 Å². The molecule has 1 aromatic carbocycles. The van der Waals surface area contributed by atoms with Crippen molar-refractivity contribution in [3.8, 4) is 11.8 Å². The number of para-hydroxylation sites is 2. The summed E-state index contributed by atoms with van der Waals surface area (Å²) >= 11 is 0. The number of hydrogen-bond acceptors (Lipinski definition) is 5. The van der Waals surface area contributed by atoms with Gasteiger partial charge in [-0.15, -0.1) is 0 Å². The fraction of sp³-hybridized carbons (Fsp3) is 0. The summed E-state index contributed by atoms with van der Waals surface area (Å²) in [6, 6.07) is 9.69. The van der Waals surface area contributed by atoms with Crippen molar-refractivity contribution in [2.75, 3.05) is 0 Å². The number of furan rings is 1. The lowest BCUT2D eigenvalue weighted by Crippen LogP contribution is -2.04. The number of hydrogen-bond donors (Lipinski definition) is 0. The van der Waals surface area contributed by atoms with E-state index in [1.54, 1.807) is 29.7 Å². The van der Waals surface area contributed by atoms with E-state index in [0.29, 0.717) is 17.3 Å². The first-order chi connectivity index (χ1) is 11.4. The molecule has 0 unspecified atom stereocenters. The number of benzene rings is 1. The summed E-state index contributed by atoms with van der Waals surface area (Å²) in [5, 5.41) is 0. The number of aromatic nitrogens is 6. The molecule has 5 aromatic rings. The van der Waals surface area contributed by atoms with E-state index in [-0.39, 0.29) is 0 Å². The quantitative estimate of drug-likeness (QED) is 0.501. The van der Waals surface area contributed by atoms with Gasteiger partial charge in [-0.1, -0.05) is 12.1 Å². The van der Waals surface area contributed by atoms with Gasteiger partial charge in [0.1, 0.15) is 18.2 Å². The molecular formula is C16H10N6O. The Morgan fingerprint density at radius 2 is 1.91 bits per heavy atom. The molecule has 0 aliphatic rings. The van der Waals surface area contributed by atoms with Gasteiger partial charge >= 0.3 is 0 Å². The third-order valence-corrected chi connectivity index (χ3v) is 3.69. The molecule has 0 saturated heterocycles. The van der Waals surface area contributed by atoms with Crippen LogP contribution in [0.5, 0.6) is 0 Å². The van der Waals surface area contributed by atoms with Crippen molar-refractivity contribution in [2.45, 2.75) is 0 Å². The first-order valence-electron chi connectivity index (χ1n) is 7.06. The van der Waals surface area contributed by atoms with Crippen LogP contribution in [0.25, 0.3) is 33.9 Å². The molecule has 0 atom stereocenters. The molecule has 0 N–H and O–H groups in total. The molecule has 5 rings (SSSR count). The standard InChI is InChI=1S/C16H10N6O/c1-2-4-13-11(3-1)18-10-22(13)16-19-12-5-8-23-14(12)15(20-16)21-7-6-17-9-21/h1-10H. The van der Waals surface area contributed by atoms with E-state index in [9.17, 15) is 0 Å². The molecule has 0 aliphatic carbocycles. The van der Waals surface area contributed by atoms with E-state index in [4.69, 9.17) is 4.42 Å². The zero-order valence-electron chi connectivity index (χ0n) is 11.9. The maximum absolute atomic E-state index is 5.53. The molecule has 0 spiro atoms. The van der Waals surface area contributed by atoms with E-state index in [0.717, 1.165) is 16.6 Å². The molecule has 110 valence electrons. The molecule has 7 heteroatoms. The van der Waals surface area contributed by atoms with Crippen LogP contribution in [0.3, 0.4) is 0 Å².